The molecule has 0 spiro atoms. The number of nitriles is 1. The van der Waals surface area contributed by atoms with Crippen LogP contribution in [0, 0.1) is 17.1 Å². The highest BCUT2D eigenvalue weighted by atomic mass is 79.9. The van der Waals surface area contributed by atoms with Crippen molar-refractivity contribution in [1.29, 1.82) is 5.26 Å². The van der Waals surface area contributed by atoms with E-state index in [2.05, 4.69) is 27.0 Å². The van der Waals surface area contributed by atoms with Gasteiger partial charge in [0.25, 0.3) is 0 Å². The van der Waals surface area contributed by atoms with Crippen molar-refractivity contribution >= 4 is 21.7 Å². The summed E-state index contributed by atoms with van der Waals surface area (Å²) in [5.74, 6) is -0.157. The van der Waals surface area contributed by atoms with Gasteiger partial charge in [-0.15, -0.1) is 0 Å². The molecule has 3 rings (SSSR count). The lowest BCUT2D eigenvalue weighted by Crippen LogP contribution is -1.99. The standard InChI is InChI=1S/C18H11BrFN3/c19-13-5-1-11(2-6-13)15-9-17(23-18(22)16(15)10-21)12-3-7-14(20)8-4-12/h1-9H,(H2,22,23). The third-order valence-corrected chi connectivity index (χ3v) is 3.98. The molecule has 0 aliphatic carbocycles. The second kappa shape index (κ2) is 6.19. The highest BCUT2D eigenvalue weighted by molar-refractivity contribution is 9.10. The summed E-state index contributed by atoms with van der Waals surface area (Å²) in [6, 6.07) is 17.5. The van der Waals surface area contributed by atoms with Gasteiger partial charge in [0.15, 0.2) is 0 Å². The first kappa shape index (κ1) is 15.2. The van der Waals surface area contributed by atoms with Crippen molar-refractivity contribution in [3.63, 3.8) is 0 Å². The largest absolute Gasteiger partial charge is 0.383 e. The molecule has 0 saturated heterocycles. The average Bonchev–Trinajstić information content (AvgIpc) is 2.55. The van der Waals surface area contributed by atoms with Crippen molar-refractivity contribution in [2.45, 2.75) is 0 Å². The molecule has 0 amide bonds. The van der Waals surface area contributed by atoms with Crippen LogP contribution in [0.3, 0.4) is 0 Å². The number of nitrogens with zero attached hydrogens (tertiary/aromatic N) is 2. The molecule has 1 aromatic heterocycles. The van der Waals surface area contributed by atoms with Crippen molar-refractivity contribution in [3.05, 3.63) is 70.5 Å². The first-order valence-corrected chi connectivity index (χ1v) is 7.60. The Morgan fingerprint density at radius 1 is 1.00 bits per heavy atom. The Bertz CT molecular complexity index is 897. The summed E-state index contributed by atoms with van der Waals surface area (Å²) in [6.45, 7) is 0. The normalized spacial score (nSPS) is 10.3. The van der Waals surface area contributed by atoms with Crippen LogP contribution >= 0.6 is 15.9 Å². The zero-order valence-electron chi connectivity index (χ0n) is 11.9. The summed E-state index contributed by atoms with van der Waals surface area (Å²) in [5.41, 5.74) is 9.18. The van der Waals surface area contributed by atoms with Gasteiger partial charge in [0.1, 0.15) is 23.3 Å². The van der Waals surface area contributed by atoms with E-state index in [1.54, 1.807) is 18.2 Å². The van der Waals surface area contributed by atoms with Crippen molar-refractivity contribution in [1.82, 2.24) is 4.98 Å². The van der Waals surface area contributed by atoms with Gasteiger partial charge in [-0.05, 0) is 48.0 Å². The first-order chi connectivity index (χ1) is 11.1. The monoisotopic (exact) mass is 367 g/mol. The van der Waals surface area contributed by atoms with E-state index < -0.39 is 0 Å². The molecule has 23 heavy (non-hydrogen) atoms. The molecule has 3 aromatic rings. The molecule has 0 saturated carbocycles. The summed E-state index contributed by atoms with van der Waals surface area (Å²) in [4.78, 5) is 4.27. The number of halogens is 2. The molecule has 112 valence electrons. The fraction of sp³-hybridized carbons (Fsp3) is 0. The van der Waals surface area contributed by atoms with Gasteiger partial charge in [0.05, 0.1) is 5.69 Å². The zero-order valence-corrected chi connectivity index (χ0v) is 13.5. The van der Waals surface area contributed by atoms with Gasteiger partial charge >= 0.3 is 0 Å². The Labute approximate surface area is 141 Å². The summed E-state index contributed by atoms with van der Waals surface area (Å²) >= 11 is 3.39. The van der Waals surface area contributed by atoms with E-state index in [4.69, 9.17) is 5.73 Å². The number of rotatable bonds is 2. The Hall–Kier alpha value is -2.71. The number of nitrogen functional groups attached to an aromatic ring is 1. The molecule has 3 nitrogen and oxygen atoms in total. The van der Waals surface area contributed by atoms with Crippen molar-refractivity contribution in [2.24, 2.45) is 0 Å². The first-order valence-electron chi connectivity index (χ1n) is 6.81. The quantitative estimate of drug-likeness (QED) is 0.709. The minimum Gasteiger partial charge on any atom is -0.383 e. The number of aromatic nitrogens is 1. The van der Waals surface area contributed by atoms with Crippen LogP contribution in [0.1, 0.15) is 5.56 Å². The van der Waals surface area contributed by atoms with E-state index in [1.165, 1.54) is 12.1 Å². The molecule has 1 heterocycles. The zero-order chi connectivity index (χ0) is 16.4. The Balaban J connectivity index is 2.20. The maximum absolute atomic E-state index is 13.1. The summed E-state index contributed by atoms with van der Waals surface area (Å²) in [6.07, 6.45) is 0. The van der Waals surface area contributed by atoms with E-state index in [-0.39, 0.29) is 11.6 Å². The van der Waals surface area contributed by atoms with E-state index in [9.17, 15) is 9.65 Å². The molecular weight excluding hydrogens is 357 g/mol. The topological polar surface area (TPSA) is 62.7 Å². The molecule has 0 atom stereocenters. The van der Waals surface area contributed by atoms with Gasteiger partial charge < -0.3 is 5.73 Å². The molecule has 0 radical (unpaired) electrons. The van der Waals surface area contributed by atoms with Crippen molar-refractivity contribution < 1.29 is 4.39 Å². The average molecular weight is 368 g/mol. The predicted octanol–water partition coefficient (Wildman–Crippen LogP) is 4.77. The SMILES string of the molecule is N#Cc1c(-c2ccc(Br)cc2)cc(-c2ccc(F)cc2)nc1N. The van der Waals surface area contributed by atoms with Gasteiger partial charge in [-0.1, -0.05) is 28.1 Å². The maximum atomic E-state index is 13.1. The summed E-state index contributed by atoms with van der Waals surface area (Å²) in [5, 5.41) is 9.38. The molecule has 0 unspecified atom stereocenters. The van der Waals surface area contributed by atoms with Crippen LogP contribution in [0.2, 0.25) is 0 Å². The van der Waals surface area contributed by atoms with Crippen LogP contribution in [0.5, 0.6) is 0 Å². The number of hydrogen-bond acceptors (Lipinski definition) is 3. The second-order valence-corrected chi connectivity index (χ2v) is 5.86. The van der Waals surface area contributed by atoms with Crippen LogP contribution in [0.15, 0.2) is 59.1 Å². The molecular formula is C18H11BrFN3. The number of hydrogen-bond donors (Lipinski definition) is 1. The molecule has 2 aromatic carbocycles. The number of benzene rings is 2. The lowest BCUT2D eigenvalue weighted by Gasteiger charge is -2.10. The minimum atomic E-state index is -0.316. The fourth-order valence-electron chi connectivity index (χ4n) is 2.31. The Kier molecular flexibility index (Phi) is 4.09. The minimum absolute atomic E-state index is 0.159. The molecule has 0 bridgehead atoms. The van der Waals surface area contributed by atoms with Gasteiger partial charge in [0, 0.05) is 15.6 Å². The molecule has 2 N–H and O–H groups in total. The van der Waals surface area contributed by atoms with Gasteiger partial charge in [-0.3, -0.25) is 0 Å². The predicted molar refractivity (Wildman–Crippen MR) is 91.9 cm³/mol. The third kappa shape index (κ3) is 3.08. The van der Waals surface area contributed by atoms with E-state index >= 15 is 0 Å². The van der Waals surface area contributed by atoms with Gasteiger partial charge in [-0.2, -0.15) is 5.26 Å². The van der Waals surface area contributed by atoms with E-state index in [0.29, 0.717) is 16.8 Å². The number of pyridine rings is 1. The van der Waals surface area contributed by atoms with Crippen LogP contribution in [0.4, 0.5) is 10.2 Å². The third-order valence-electron chi connectivity index (χ3n) is 3.45. The molecule has 5 heteroatoms. The lowest BCUT2D eigenvalue weighted by molar-refractivity contribution is 0.628. The summed E-state index contributed by atoms with van der Waals surface area (Å²) in [7, 11) is 0. The van der Waals surface area contributed by atoms with E-state index in [1.807, 2.05) is 24.3 Å². The van der Waals surface area contributed by atoms with Gasteiger partial charge in [-0.25, -0.2) is 9.37 Å². The van der Waals surface area contributed by atoms with Crippen molar-refractivity contribution in [2.75, 3.05) is 5.73 Å². The lowest BCUT2D eigenvalue weighted by atomic mass is 9.98. The van der Waals surface area contributed by atoms with Gasteiger partial charge in [0.2, 0.25) is 0 Å². The van der Waals surface area contributed by atoms with Crippen LogP contribution in [-0.2, 0) is 0 Å². The fourth-order valence-corrected chi connectivity index (χ4v) is 2.57. The van der Waals surface area contributed by atoms with Crippen LogP contribution in [-0.4, -0.2) is 4.98 Å². The number of nitrogens with two attached hydrogens (primary N) is 1. The van der Waals surface area contributed by atoms with E-state index in [0.717, 1.165) is 15.6 Å². The highest BCUT2D eigenvalue weighted by Gasteiger charge is 2.13. The maximum Gasteiger partial charge on any atom is 0.142 e. The molecule has 0 fully saturated rings. The van der Waals surface area contributed by atoms with Crippen LogP contribution in [0.25, 0.3) is 22.4 Å². The van der Waals surface area contributed by atoms with Crippen LogP contribution < -0.4 is 5.73 Å². The smallest absolute Gasteiger partial charge is 0.142 e. The Morgan fingerprint density at radius 2 is 1.61 bits per heavy atom. The Morgan fingerprint density at radius 3 is 2.22 bits per heavy atom. The molecule has 0 aliphatic rings. The number of anilines is 1. The van der Waals surface area contributed by atoms with Crippen molar-refractivity contribution in [3.8, 4) is 28.5 Å². The highest BCUT2D eigenvalue weighted by Crippen LogP contribution is 2.31. The second-order valence-electron chi connectivity index (χ2n) is 4.94. The molecule has 0 aliphatic heterocycles. The summed E-state index contributed by atoms with van der Waals surface area (Å²) < 4.78 is 14.0.